The van der Waals surface area contributed by atoms with Gasteiger partial charge in [-0.05, 0) is 59.8 Å². The monoisotopic (exact) mass is 453 g/mol. The van der Waals surface area contributed by atoms with Gasteiger partial charge in [-0.2, -0.15) is 4.98 Å². The third kappa shape index (κ3) is 5.91. The summed E-state index contributed by atoms with van der Waals surface area (Å²) < 4.78 is 12.3. The molecule has 2 heterocycles. The quantitative estimate of drug-likeness (QED) is 0.477. The molecular formula is C24H35N7O2. The van der Waals surface area contributed by atoms with Crippen LogP contribution in [-0.4, -0.2) is 72.8 Å². The number of hydrogen-bond acceptors (Lipinski definition) is 9. The number of oxazole rings is 1. The van der Waals surface area contributed by atoms with Crippen molar-refractivity contribution in [3.8, 4) is 5.75 Å². The van der Waals surface area contributed by atoms with Crippen LogP contribution in [0.5, 0.6) is 5.75 Å². The summed E-state index contributed by atoms with van der Waals surface area (Å²) in [6.07, 6.45) is 8.04. The fourth-order valence-electron chi connectivity index (χ4n) is 4.12. The second-order valence-electron chi connectivity index (χ2n) is 8.78. The first-order chi connectivity index (χ1) is 16.1. The molecule has 0 radical (unpaired) electrons. The van der Waals surface area contributed by atoms with Crippen molar-refractivity contribution in [1.82, 2.24) is 25.2 Å². The summed E-state index contributed by atoms with van der Waals surface area (Å²) in [6.45, 7) is 4.67. The van der Waals surface area contributed by atoms with Crippen LogP contribution in [0.25, 0.3) is 10.9 Å². The Hall–Kier alpha value is -2.91. The van der Waals surface area contributed by atoms with Gasteiger partial charge in [0.25, 0.3) is 6.01 Å². The van der Waals surface area contributed by atoms with Gasteiger partial charge in [-0.25, -0.2) is 9.97 Å². The van der Waals surface area contributed by atoms with E-state index in [2.05, 4.69) is 51.4 Å². The lowest BCUT2D eigenvalue weighted by Gasteiger charge is -2.28. The second-order valence-corrected chi connectivity index (χ2v) is 8.78. The summed E-state index contributed by atoms with van der Waals surface area (Å²) in [5.74, 6) is 1.76. The van der Waals surface area contributed by atoms with Crippen molar-refractivity contribution in [2.75, 3.05) is 51.0 Å². The Labute approximate surface area is 195 Å². The Bertz CT molecular complexity index is 1030. The van der Waals surface area contributed by atoms with E-state index in [1.807, 2.05) is 31.4 Å². The molecule has 33 heavy (non-hydrogen) atoms. The molecule has 0 unspecified atom stereocenters. The topological polar surface area (TPSA) is 91.6 Å². The summed E-state index contributed by atoms with van der Waals surface area (Å²) in [7, 11) is 6.14. The maximum absolute atomic E-state index is 6.37. The predicted molar refractivity (Wildman–Crippen MR) is 131 cm³/mol. The number of nitrogens with one attached hydrogen (secondary N) is 2. The Balaban J connectivity index is 1.47. The van der Waals surface area contributed by atoms with Crippen molar-refractivity contribution in [3.05, 3.63) is 30.6 Å². The third-order valence-electron chi connectivity index (χ3n) is 6.15. The van der Waals surface area contributed by atoms with E-state index in [-0.39, 0.29) is 6.10 Å². The molecule has 1 aliphatic carbocycles. The molecule has 0 atom stereocenters. The smallest absolute Gasteiger partial charge is 0.299 e. The molecule has 1 saturated carbocycles. The average molecular weight is 454 g/mol. The van der Waals surface area contributed by atoms with Crippen LogP contribution < -0.4 is 20.3 Å². The Morgan fingerprint density at radius 3 is 2.64 bits per heavy atom. The molecule has 9 nitrogen and oxygen atoms in total. The van der Waals surface area contributed by atoms with Crippen LogP contribution in [0.15, 0.2) is 35.0 Å². The molecule has 0 amide bonds. The van der Waals surface area contributed by atoms with Crippen molar-refractivity contribution >= 4 is 28.8 Å². The van der Waals surface area contributed by atoms with Crippen molar-refractivity contribution < 1.29 is 9.15 Å². The zero-order chi connectivity index (χ0) is 23.2. The van der Waals surface area contributed by atoms with Crippen LogP contribution in [0.4, 0.5) is 17.8 Å². The van der Waals surface area contributed by atoms with Gasteiger partial charge in [0.2, 0.25) is 11.8 Å². The number of hydrogen-bond donors (Lipinski definition) is 2. The fraction of sp³-hybridized carbons (Fsp3) is 0.542. The summed E-state index contributed by atoms with van der Waals surface area (Å²) in [4.78, 5) is 17.8. The highest BCUT2D eigenvalue weighted by Gasteiger charge is 2.22. The van der Waals surface area contributed by atoms with Crippen LogP contribution in [-0.2, 0) is 0 Å². The van der Waals surface area contributed by atoms with Gasteiger partial charge in [0.05, 0.1) is 12.3 Å². The summed E-state index contributed by atoms with van der Waals surface area (Å²) >= 11 is 0. The number of rotatable bonds is 10. The van der Waals surface area contributed by atoms with Gasteiger partial charge in [-0.3, -0.25) is 5.32 Å². The largest absolute Gasteiger partial charge is 0.488 e. The van der Waals surface area contributed by atoms with Gasteiger partial charge in [0.15, 0.2) is 0 Å². The minimum atomic E-state index is 0.214. The first kappa shape index (κ1) is 23.3. The normalized spacial score (nSPS) is 18.6. The Morgan fingerprint density at radius 1 is 1.09 bits per heavy atom. The lowest BCUT2D eigenvalue weighted by molar-refractivity contribution is 0.143. The summed E-state index contributed by atoms with van der Waals surface area (Å²) in [5, 5.41) is 7.47. The number of fused-ring (bicyclic) bond motifs is 1. The third-order valence-corrected chi connectivity index (χ3v) is 6.15. The molecule has 2 N–H and O–H groups in total. The van der Waals surface area contributed by atoms with Crippen molar-refractivity contribution in [2.24, 2.45) is 0 Å². The van der Waals surface area contributed by atoms with Crippen molar-refractivity contribution in [1.29, 1.82) is 0 Å². The molecule has 1 aromatic carbocycles. The van der Waals surface area contributed by atoms with Crippen LogP contribution >= 0.6 is 0 Å². The molecule has 0 aliphatic heterocycles. The Kier molecular flexibility index (Phi) is 7.61. The molecule has 4 rings (SSSR count). The van der Waals surface area contributed by atoms with Gasteiger partial charge in [0.1, 0.15) is 11.3 Å². The maximum Gasteiger partial charge on any atom is 0.299 e. The molecule has 1 aliphatic rings. The fourth-order valence-corrected chi connectivity index (χ4v) is 4.12. The number of benzene rings is 1. The summed E-state index contributed by atoms with van der Waals surface area (Å²) in [5.41, 5.74) is 0.798. The number of likely N-dealkylation sites (N-methyl/N-ethyl adjacent to an activating group) is 2. The number of aromatic nitrogens is 3. The molecule has 0 bridgehead atoms. The van der Waals surface area contributed by atoms with Crippen LogP contribution in [0.3, 0.4) is 0 Å². The first-order valence-corrected chi connectivity index (χ1v) is 11.8. The van der Waals surface area contributed by atoms with Crippen LogP contribution in [0.2, 0.25) is 0 Å². The molecule has 2 aromatic heterocycles. The van der Waals surface area contributed by atoms with E-state index in [0.29, 0.717) is 23.9 Å². The van der Waals surface area contributed by atoms with Gasteiger partial charge in [-0.15, -0.1) is 0 Å². The average Bonchev–Trinajstić information content (AvgIpc) is 3.28. The Morgan fingerprint density at radius 2 is 1.91 bits per heavy atom. The number of nitrogens with zero attached hydrogens (tertiary/aromatic N) is 5. The number of ether oxygens (including phenoxy) is 1. The number of anilines is 3. The molecule has 0 spiro atoms. The molecular weight excluding hydrogens is 418 g/mol. The minimum Gasteiger partial charge on any atom is -0.488 e. The number of para-hydroxylation sites is 1. The van der Waals surface area contributed by atoms with E-state index in [0.717, 1.165) is 62.0 Å². The van der Waals surface area contributed by atoms with Crippen molar-refractivity contribution in [3.63, 3.8) is 0 Å². The highest BCUT2D eigenvalue weighted by molar-refractivity contribution is 5.84. The van der Waals surface area contributed by atoms with Crippen molar-refractivity contribution in [2.45, 2.75) is 44.8 Å². The molecule has 9 heteroatoms. The van der Waals surface area contributed by atoms with E-state index in [4.69, 9.17) is 14.1 Å². The van der Waals surface area contributed by atoms with Gasteiger partial charge in [-0.1, -0.05) is 12.1 Å². The highest BCUT2D eigenvalue weighted by Crippen LogP contribution is 2.30. The van der Waals surface area contributed by atoms with Gasteiger partial charge < -0.3 is 24.3 Å². The van der Waals surface area contributed by atoms with Gasteiger partial charge in [0, 0.05) is 37.3 Å². The van der Waals surface area contributed by atoms with E-state index in [1.165, 1.54) is 0 Å². The lowest BCUT2D eigenvalue weighted by atomic mass is 9.93. The SMILES string of the molecule is CCN(CCN(C)C)c1ncc(Nc2ncc3cccc(OC4CCC(NC)CC4)c3n2)o1. The van der Waals surface area contributed by atoms with E-state index < -0.39 is 0 Å². The lowest BCUT2D eigenvalue weighted by Crippen LogP contribution is -2.34. The second kappa shape index (κ2) is 10.8. The zero-order valence-electron chi connectivity index (χ0n) is 20.0. The van der Waals surface area contributed by atoms with Gasteiger partial charge >= 0.3 is 0 Å². The zero-order valence-corrected chi connectivity index (χ0v) is 20.0. The van der Waals surface area contributed by atoms with Crippen LogP contribution in [0, 0.1) is 0 Å². The summed E-state index contributed by atoms with van der Waals surface area (Å²) in [6, 6.07) is 7.15. The minimum absolute atomic E-state index is 0.214. The van der Waals surface area contributed by atoms with E-state index >= 15 is 0 Å². The van der Waals surface area contributed by atoms with E-state index in [9.17, 15) is 0 Å². The molecule has 178 valence electrons. The standard InChI is InChI=1S/C24H35N7O2/c1-5-31(14-13-30(3)4)24-27-16-21(33-24)28-23-26-15-17-7-6-8-20(22(17)29-23)32-19-11-9-18(25-2)10-12-19/h6-8,15-16,18-19,25H,5,9-14H2,1-4H3,(H,26,28,29). The predicted octanol–water partition coefficient (Wildman–Crippen LogP) is 3.66. The van der Waals surface area contributed by atoms with Crippen LogP contribution in [0.1, 0.15) is 32.6 Å². The first-order valence-electron chi connectivity index (χ1n) is 11.8. The van der Waals surface area contributed by atoms with E-state index in [1.54, 1.807) is 6.20 Å². The molecule has 1 fully saturated rings. The molecule has 3 aromatic rings. The molecule has 0 saturated heterocycles. The highest BCUT2D eigenvalue weighted by atomic mass is 16.5. The maximum atomic E-state index is 6.37.